The van der Waals surface area contributed by atoms with E-state index in [1.165, 1.54) is 0 Å². The fraction of sp³-hybridized carbons (Fsp3) is 0.500. The lowest BCUT2D eigenvalue weighted by atomic mass is 10.1. The Morgan fingerprint density at radius 3 is 3.04 bits per heavy atom. The molecule has 0 unspecified atom stereocenters. The number of halogens is 1. The lowest BCUT2D eigenvalue weighted by Gasteiger charge is -2.18. The Morgan fingerprint density at radius 2 is 2.30 bits per heavy atom. The Balaban J connectivity index is 1.77. The molecule has 1 aliphatic rings. The molecule has 7 heteroatoms. The first-order chi connectivity index (χ1) is 13.0. The summed E-state index contributed by atoms with van der Waals surface area (Å²) < 4.78 is 5.14. The number of benzene rings is 1. The Bertz CT molecular complexity index is 667. The van der Waals surface area contributed by atoms with Gasteiger partial charge in [0, 0.05) is 30.2 Å². The number of thioether (sulfide) groups is 1. The second-order valence-electron chi connectivity index (χ2n) is 6.54. The van der Waals surface area contributed by atoms with Crippen LogP contribution in [0.15, 0.2) is 36.4 Å². The van der Waals surface area contributed by atoms with Crippen LogP contribution >= 0.6 is 23.4 Å². The Kier molecular flexibility index (Phi) is 9.18. The van der Waals surface area contributed by atoms with E-state index in [4.69, 9.17) is 16.3 Å². The monoisotopic (exact) mass is 411 g/mol. The normalized spacial score (nSPS) is 18.1. The van der Waals surface area contributed by atoms with E-state index in [1.807, 2.05) is 24.3 Å². The maximum Gasteiger partial charge on any atom is 0.410 e. The lowest BCUT2D eigenvalue weighted by Crippen LogP contribution is -2.34. The average Bonchev–Trinajstić information content (AvgIpc) is 2.96. The van der Waals surface area contributed by atoms with Gasteiger partial charge in [0.1, 0.15) is 12.4 Å². The highest BCUT2D eigenvalue weighted by atomic mass is 35.5. The van der Waals surface area contributed by atoms with Gasteiger partial charge < -0.3 is 14.6 Å². The van der Waals surface area contributed by atoms with Crippen LogP contribution in [0.4, 0.5) is 4.79 Å². The van der Waals surface area contributed by atoms with Gasteiger partial charge in [0.25, 0.3) is 0 Å². The van der Waals surface area contributed by atoms with Gasteiger partial charge >= 0.3 is 6.09 Å². The third-order valence-electron chi connectivity index (χ3n) is 4.20. The molecule has 1 amide bonds. The van der Waals surface area contributed by atoms with Crippen LogP contribution in [0.25, 0.3) is 0 Å². The number of carbonyl (C=O) groups is 2. The van der Waals surface area contributed by atoms with Crippen LogP contribution in [0.1, 0.15) is 25.3 Å². The zero-order chi connectivity index (χ0) is 19.6. The molecule has 148 valence electrons. The van der Waals surface area contributed by atoms with Crippen LogP contribution in [0.2, 0.25) is 5.02 Å². The molecular formula is C20H26ClNO4S. The maximum absolute atomic E-state index is 11.9. The van der Waals surface area contributed by atoms with E-state index < -0.39 is 6.10 Å². The molecule has 1 aromatic rings. The topological polar surface area (TPSA) is 66.8 Å². The van der Waals surface area contributed by atoms with Crippen molar-refractivity contribution >= 4 is 35.2 Å². The van der Waals surface area contributed by atoms with Gasteiger partial charge in [-0.2, -0.15) is 11.8 Å². The van der Waals surface area contributed by atoms with Gasteiger partial charge in [-0.15, -0.1) is 0 Å². The third kappa shape index (κ3) is 7.95. The Hall–Kier alpha value is -1.50. The molecule has 0 aromatic heterocycles. The van der Waals surface area contributed by atoms with Gasteiger partial charge in [-0.1, -0.05) is 35.9 Å². The van der Waals surface area contributed by atoms with E-state index in [0.717, 1.165) is 23.5 Å². The van der Waals surface area contributed by atoms with E-state index >= 15 is 0 Å². The van der Waals surface area contributed by atoms with Crippen molar-refractivity contribution in [1.29, 1.82) is 0 Å². The summed E-state index contributed by atoms with van der Waals surface area (Å²) in [5.41, 5.74) is 0.956. The van der Waals surface area contributed by atoms with Crippen molar-refractivity contribution in [3.05, 3.63) is 47.0 Å². The fourth-order valence-corrected chi connectivity index (χ4v) is 3.89. The van der Waals surface area contributed by atoms with Gasteiger partial charge in [-0.25, -0.2) is 4.79 Å². The minimum Gasteiger partial charge on any atom is -0.447 e. The molecule has 0 spiro atoms. The first-order valence-electron chi connectivity index (χ1n) is 9.07. The second-order valence-corrected chi connectivity index (χ2v) is 8.20. The predicted octanol–water partition coefficient (Wildman–Crippen LogP) is 3.72. The van der Waals surface area contributed by atoms with E-state index in [9.17, 15) is 14.7 Å². The predicted molar refractivity (Wildman–Crippen MR) is 109 cm³/mol. The number of carbonyl (C=O) groups excluding carboxylic acids is 2. The molecule has 0 bridgehead atoms. The number of nitrogens with zero attached hydrogens (tertiary/aromatic N) is 1. The molecular weight excluding hydrogens is 386 g/mol. The van der Waals surface area contributed by atoms with Crippen LogP contribution < -0.4 is 0 Å². The number of ketones is 1. The van der Waals surface area contributed by atoms with E-state index in [0.29, 0.717) is 31.0 Å². The minimum absolute atomic E-state index is 0.163. The molecule has 2 atom stereocenters. The number of amides is 1. The zero-order valence-corrected chi connectivity index (χ0v) is 17.0. The Labute approximate surface area is 169 Å². The molecule has 0 saturated carbocycles. The van der Waals surface area contributed by atoms with Crippen LogP contribution in [0, 0.1) is 0 Å². The lowest BCUT2D eigenvalue weighted by molar-refractivity contribution is -0.117. The molecule has 1 heterocycles. The third-order valence-corrected chi connectivity index (χ3v) is 5.48. The van der Waals surface area contributed by atoms with Crippen LogP contribution in [0.5, 0.6) is 0 Å². The van der Waals surface area contributed by atoms with Crippen molar-refractivity contribution in [2.75, 3.05) is 24.7 Å². The molecule has 1 fully saturated rings. The van der Waals surface area contributed by atoms with Crippen LogP contribution in [-0.2, 0) is 16.0 Å². The van der Waals surface area contributed by atoms with Crippen molar-refractivity contribution in [2.24, 2.45) is 0 Å². The standard InChI is InChI=1S/C20H26ClNO4S/c1-15(23)4-3-10-27-11-9-22-18(14-26-20(22)25)7-8-19(24)13-16-5-2-6-17(21)12-16/h2,5-8,12,18-19,24H,3-4,9-11,13-14H2,1H3/b8-7+/t18-,19+/m0/s1. The van der Waals surface area contributed by atoms with Gasteiger partial charge in [-0.3, -0.25) is 4.90 Å². The number of aliphatic hydroxyl groups excluding tert-OH is 1. The Morgan fingerprint density at radius 1 is 1.48 bits per heavy atom. The highest BCUT2D eigenvalue weighted by Crippen LogP contribution is 2.17. The molecule has 0 radical (unpaired) electrons. The van der Waals surface area contributed by atoms with Gasteiger partial charge in [-0.05, 0) is 36.8 Å². The van der Waals surface area contributed by atoms with Crippen molar-refractivity contribution in [2.45, 2.75) is 38.3 Å². The molecule has 27 heavy (non-hydrogen) atoms. The summed E-state index contributed by atoms with van der Waals surface area (Å²) in [7, 11) is 0. The molecule has 2 rings (SSSR count). The SMILES string of the molecule is CC(=O)CCCSCCN1C(=O)OC[C@@H]1/C=C/[C@@H](O)Cc1cccc(Cl)c1. The fourth-order valence-electron chi connectivity index (χ4n) is 2.80. The quantitative estimate of drug-likeness (QED) is 0.444. The number of aliphatic hydroxyl groups is 1. The van der Waals surface area contributed by atoms with Gasteiger partial charge in [0.15, 0.2) is 0 Å². The molecule has 5 nitrogen and oxygen atoms in total. The van der Waals surface area contributed by atoms with E-state index in [1.54, 1.807) is 35.7 Å². The van der Waals surface area contributed by atoms with Crippen molar-refractivity contribution in [3.8, 4) is 0 Å². The van der Waals surface area contributed by atoms with Crippen molar-refractivity contribution in [1.82, 2.24) is 4.90 Å². The molecule has 1 aromatic carbocycles. The average molecular weight is 412 g/mol. The summed E-state index contributed by atoms with van der Waals surface area (Å²) in [5, 5.41) is 10.9. The first-order valence-corrected chi connectivity index (χ1v) is 10.6. The van der Waals surface area contributed by atoms with E-state index in [-0.39, 0.29) is 17.9 Å². The summed E-state index contributed by atoms with van der Waals surface area (Å²) >= 11 is 7.69. The number of ether oxygens (including phenoxy) is 1. The maximum atomic E-state index is 11.9. The molecule has 1 saturated heterocycles. The zero-order valence-electron chi connectivity index (χ0n) is 15.5. The number of rotatable bonds is 11. The van der Waals surface area contributed by atoms with Crippen molar-refractivity contribution < 1.29 is 19.4 Å². The number of hydrogen-bond donors (Lipinski definition) is 1. The summed E-state index contributed by atoms with van der Waals surface area (Å²) in [6.45, 7) is 2.49. The van der Waals surface area contributed by atoms with Crippen LogP contribution in [0.3, 0.4) is 0 Å². The molecule has 0 aliphatic carbocycles. The van der Waals surface area contributed by atoms with E-state index in [2.05, 4.69) is 0 Å². The molecule has 1 N–H and O–H groups in total. The summed E-state index contributed by atoms with van der Waals surface area (Å²) in [5.74, 6) is 1.91. The van der Waals surface area contributed by atoms with Crippen LogP contribution in [-0.4, -0.2) is 58.7 Å². The van der Waals surface area contributed by atoms with Gasteiger partial charge in [0.05, 0.1) is 12.1 Å². The number of Topliss-reactive ketones (excluding diaryl/α,β-unsaturated/α-hetero) is 1. The highest BCUT2D eigenvalue weighted by molar-refractivity contribution is 7.99. The minimum atomic E-state index is -0.651. The second kappa shape index (κ2) is 11.4. The smallest absolute Gasteiger partial charge is 0.410 e. The molecule has 1 aliphatic heterocycles. The highest BCUT2D eigenvalue weighted by Gasteiger charge is 2.30. The summed E-state index contributed by atoms with van der Waals surface area (Å²) in [6, 6.07) is 7.24. The number of hydrogen-bond acceptors (Lipinski definition) is 5. The first kappa shape index (κ1) is 21.8. The summed E-state index contributed by atoms with van der Waals surface area (Å²) in [6.07, 6.45) is 4.50. The summed E-state index contributed by atoms with van der Waals surface area (Å²) in [4.78, 5) is 24.5. The largest absolute Gasteiger partial charge is 0.447 e. The van der Waals surface area contributed by atoms with Crippen molar-refractivity contribution in [3.63, 3.8) is 0 Å². The van der Waals surface area contributed by atoms with Gasteiger partial charge in [0.2, 0.25) is 0 Å². The number of cyclic esters (lactones) is 1.